The summed E-state index contributed by atoms with van der Waals surface area (Å²) in [5, 5.41) is 3.45. The van der Waals surface area contributed by atoms with E-state index in [1.165, 1.54) is 0 Å². The minimum atomic E-state index is -0.217. The second kappa shape index (κ2) is 6.93. The van der Waals surface area contributed by atoms with Gasteiger partial charge in [0.15, 0.2) is 0 Å². The molecule has 124 valence electrons. The van der Waals surface area contributed by atoms with E-state index < -0.39 is 0 Å². The van der Waals surface area contributed by atoms with Crippen LogP contribution in [0.2, 0.25) is 5.02 Å². The Morgan fingerprint density at radius 1 is 1.21 bits per heavy atom. The zero-order chi connectivity index (χ0) is 17.1. The van der Waals surface area contributed by atoms with Crippen LogP contribution in [-0.4, -0.2) is 21.9 Å². The number of nitrogens with one attached hydrogen (secondary N) is 1. The lowest BCUT2D eigenvalue weighted by atomic mass is 10.2. The molecule has 0 aliphatic rings. The van der Waals surface area contributed by atoms with Crippen molar-refractivity contribution in [2.24, 2.45) is 0 Å². The second-order valence-electron chi connectivity index (χ2n) is 5.25. The quantitative estimate of drug-likeness (QED) is 0.755. The van der Waals surface area contributed by atoms with Crippen LogP contribution >= 0.6 is 11.6 Å². The van der Waals surface area contributed by atoms with Crippen molar-refractivity contribution in [1.82, 2.24) is 9.38 Å². The van der Waals surface area contributed by atoms with Crippen molar-refractivity contribution in [2.75, 3.05) is 11.9 Å². The molecule has 0 fully saturated rings. The van der Waals surface area contributed by atoms with Gasteiger partial charge in [0, 0.05) is 11.9 Å². The van der Waals surface area contributed by atoms with Gasteiger partial charge in [0.25, 0.3) is 5.91 Å². The van der Waals surface area contributed by atoms with E-state index in [0.29, 0.717) is 35.1 Å². The molecule has 0 saturated heterocycles. The van der Waals surface area contributed by atoms with Gasteiger partial charge in [0.2, 0.25) is 0 Å². The lowest BCUT2D eigenvalue weighted by Crippen LogP contribution is -2.16. The van der Waals surface area contributed by atoms with E-state index in [-0.39, 0.29) is 5.91 Å². The number of anilines is 1. The van der Waals surface area contributed by atoms with Gasteiger partial charge in [0.05, 0.1) is 17.3 Å². The molecule has 0 aliphatic carbocycles. The maximum absolute atomic E-state index is 12.7. The third kappa shape index (κ3) is 3.21. The van der Waals surface area contributed by atoms with E-state index >= 15 is 0 Å². The van der Waals surface area contributed by atoms with Crippen LogP contribution in [0.15, 0.2) is 42.6 Å². The Morgan fingerprint density at radius 3 is 2.62 bits per heavy atom. The number of rotatable bonds is 5. The van der Waals surface area contributed by atoms with Crippen molar-refractivity contribution in [3.05, 3.63) is 59.0 Å². The zero-order valence-electron chi connectivity index (χ0n) is 13.5. The summed E-state index contributed by atoms with van der Waals surface area (Å²) in [7, 11) is 0. The van der Waals surface area contributed by atoms with Crippen LogP contribution in [0.4, 0.5) is 5.69 Å². The van der Waals surface area contributed by atoms with Crippen molar-refractivity contribution in [1.29, 1.82) is 0 Å². The van der Waals surface area contributed by atoms with Crippen LogP contribution in [0, 0.1) is 0 Å². The Bertz CT molecular complexity index is 872. The summed E-state index contributed by atoms with van der Waals surface area (Å²) < 4.78 is 7.13. The zero-order valence-corrected chi connectivity index (χ0v) is 14.3. The number of benzene rings is 1. The molecule has 3 aromatic rings. The largest absolute Gasteiger partial charge is 0.494 e. The first kappa shape index (κ1) is 16.3. The van der Waals surface area contributed by atoms with Gasteiger partial charge in [-0.3, -0.25) is 9.20 Å². The number of pyridine rings is 1. The molecule has 0 atom stereocenters. The second-order valence-corrected chi connectivity index (χ2v) is 5.68. The predicted molar refractivity (Wildman–Crippen MR) is 95.1 cm³/mol. The number of ether oxygens (including phenoxy) is 1. The fraction of sp³-hybridized carbons (Fsp3) is 0.222. The SMILES string of the molecule is CCOc1ccc(NC(=O)c2c(CC)nc3ccc(Cl)cn23)cc1. The number of aromatic nitrogens is 2. The van der Waals surface area contributed by atoms with Gasteiger partial charge >= 0.3 is 0 Å². The molecule has 3 rings (SSSR count). The molecule has 6 heteroatoms. The molecule has 0 unspecified atom stereocenters. The molecule has 2 aromatic heterocycles. The van der Waals surface area contributed by atoms with Crippen LogP contribution in [0.1, 0.15) is 30.0 Å². The first-order valence-corrected chi connectivity index (χ1v) is 8.20. The average Bonchev–Trinajstić information content (AvgIpc) is 2.94. The van der Waals surface area contributed by atoms with Crippen LogP contribution in [0.5, 0.6) is 5.75 Å². The Balaban J connectivity index is 1.91. The number of nitrogens with zero attached hydrogens (tertiary/aromatic N) is 2. The highest BCUT2D eigenvalue weighted by atomic mass is 35.5. The Kier molecular flexibility index (Phi) is 4.71. The molecule has 0 saturated carbocycles. The number of fused-ring (bicyclic) bond motifs is 1. The summed E-state index contributed by atoms with van der Waals surface area (Å²) in [6, 6.07) is 10.8. The molecule has 24 heavy (non-hydrogen) atoms. The lowest BCUT2D eigenvalue weighted by molar-refractivity contribution is 0.102. The first-order valence-electron chi connectivity index (χ1n) is 7.83. The van der Waals surface area contributed by atoms with Crippen LogP contribution in [-0.2, 0) is 6.42 Å². The van der Waals surface area contributed by atoms with Crippen molar-refractivity contribution in [2.45, 2.75) is 20.3 Å². The lowest BCUT2D eigenvalue weighted by Gasteiger charge is -2.08. The molecule has 1 aromatic carbocycles. The van der Waals surface area contributed by atoms with Gasteiger partial charge in [-0.25, -0.2) is 4.98 Å². The number of carbonyl (C=O) groups excluding carboxylic acids is 1. The highest BCUT2D eigenvalue weighted by Gasteiger charge is 2.18. The van der Waals surface area contributed by atoms with E-state index in [1.54, 1.807) is 22.7 Å². The van der Waals surface area contributed by atoms with Crippen LogP contribution in [0.3, 0.4) is 0 Å². The Labute approximate surface area is 145 Å². The molecule has 0 radical (unpaired) electrons. The number of aryl methyl sites for hydroxylation is 1. The van der Waals surface area contributed by atoms with Gasteiger partial charge in [-0.2, -0.15) is 0 Å². The number of hydrogen-bond donors (Lipinski definition) is 1. The number of halogens is 1. The minimum absolute atomic E-state index is 0.217. The van der Waals surface area contributed by atoms with Gasteiger partial charge in [-0.1, -0.05) is 18.5 Å². The molecular weight excluding hydrogens is 326 g/mol. The molecule has 0 spiro atoms. The third-order valence-electron chi connectivity index (χ3n) is 3.63. The molecule has 1 amide bonds. The number of amides is 1. The highest BCUT2D eigenvalue weighted by Crippen LogP contribution is 2.20. The van der Waals surface area contributed by atoms with E-state index in [1.807, 2.05) is 38.1 Å². The van der Waals surface area contributed by atoms with Gasteiger partial charge in [-0.05, 0) is 49.7 Å². The number of hydrogen-bond acceptors (Lipinski definition) is 3. The topological polar surface area (TPSA) is 55.6 Å². The van der Waals surface area contributed by atoms with E-state index in [0.717, 1.165) is 11.4 Å². The molecule has 2 heterocycles. The monoisotopic (exact) mass is 343 g/mol. The van der Waals surface area contributed by atoms with E-state index in [2.05, 4.69) is 10.3 Å². The van der Waals surface area contributed by atoms with Crippen LogP contribution in [0.25, 0.3) is 5.65 Å². The number of carbonyl (C=O) groups is 1. The average molecular weight is 344 g/mol. The maximum atomic E-state index is 12.7. The van der Waals surface area contributed by atoms with Crippen molar-refractivity contribution >= 4 is 28.8 Å². The minimum Gasteiger partial charge on any atom is -0.494 e. The summed E-state index contributed by atoms with van der Waals surface area (Å²) in [5.41, 5.74) is 2.64. The van der Waals surface area contributed by atoms with Gasteiger partial charge in [0.1, 0.15) is 17.1 Å². The molecule has 0 bridgehead atoms. The Morgan fingerprint density at radius 2 is 1.96 bits per heavy atom. The summed E-state index contributed by atoms with van der Waals surface area (Å²) in [6.07, 6.45) is 2.36. The highest BCUT2D eigenvalue weighted by molar-refractivity contribution is 6.30. The first-order chi connectivity index (χ1) is 11.6. The smallest absolute Gasteiger partial charge is 0.274 e. The van der Waals surface area contributed by atoms with E-state index in [4.69, 9.17) is 16.3 Å². The van der Waals surface area contributed by atoms with Crippen molar-refractivity contribution < 1.29 is 9.53 Å². The molecular formula is C18H18ClN3O2. The predicted octanol–water partition coefficient (Wildman–Crippen LogP) is 4.20. The molecule has 0 aliphatic heterocycles. The normalized spacial score (nSPS) is 10.8. The molecule has 1 N–H and O–H groups in total. The number of imidazole rings is 1. The fourth-order valence-electron chi connectivity index (χ4n) is 2.55. The Hall–Kier alpha value is -2.53. The summed E-state index contributed by atoms with van der Waals surface area (Å²) >= 11 is 6.06. The summed E-state index contributed by atoms with van der Waals surface area (Å²) in [6.45, 7) is 4.50. The summed E-state index contributed by atoms with van der Waals surface area (Å²) in [5.74, 6) is 0.553. The van der Waals surface area contributed by atoms with Crippen LogP contribution < -0.4 is 10.1 Å². The third-order valence-corrected chi connectivity index (χ3v) is 3.85. The van der Waals surface area contributed by atoms with Gasteiger partial charge < -0.3 is 10.1 Å². The maximum Gasteiger partial charge on any atom is 0.274 e. The summed E-state index contributed by atoms with van der Waals surface area (Å²) in [4.78, 5) is 17.2. The fourth-order valence-corrected chi connectivity index (χ4v) is 2.71. The van der Waals surface area contributed by atoms with E-state index in [9.17, 15) is 4.79 Å². The van der Waals surface area contributed by atoms with Crippen molar-refractivity contribution in [3.63, 3.8) is 0 Å². The standard InChI is InChI=1S/C18H18ClN3O2/c1-3-15-17(22-11-12(19)5-10-16(22)21-15)18(23)20-13-6-8-14(9-7-13)24-4-2/h5-11H,3-4H2,1-2H3,(H,20,23). The van der Waals surface area contributed by atoms with Crippen molar-refractivity contribution in [3.8, 4) is 5.75 Å². The van der Waals surface area contributed by atoms with Gasteiger partial charge in [-0.15, -0.1) is 0 Å². The molecule has 5 nitrogen and oxygen atoms in total.